The molecule has 0 saturated carbocycles. The van der Waals surface area contributed by atoms with Gasteiger partial charge in [-0.05, 0) is 39.1 Å². The first-order valence-electron chi connectivity index (χ1n) is 6.17. The summed E-state index contributed by atoms with van der Waals surface area (Å²) in [6, 6.07) is 1.77. The lowest BCUT2D eigenvalue weighted by atomic mass is 9.83. The molecule has 0 aliphatic carbocycles. The number of hydrogen-bond donors (Lipinski definition) is 0. The van der Waals surface area contributed by atoms with Crippen molar-refractivity contribution in [3.05, 3.63) is 35.1 Å². The number of rotatable bonds is 5. The van der Waals surface area contributed by atoms with Gasteiger partial charge in [0.05, 0.1) is 11.1 Å². The number of nitrogens with zero attached hydrogens (tertiary/aromatic N) is 1. The molecular formula is C14H18F3NO. The van der Waals surface area contributed by atoms with Crippen molar-refractivity contribution in [3.8, 4) is 0 Å². The number of carbonyl (C=O) groups is 1. The number of Topliss-reactive ketones (excluding diaryl/α,β-unsaturated/α-hetero) is 1. The minimum absolute atomic E-state index is 0.406. The Morgan fingerprint density at radius 2 is 1.63 bits per heavy atom. The van der Waals surface area contributed by atoms with Gasteiger partial charge in [0.25, 0.3) is 0 Å². The summed E-state index contributed by atoms with van der Waals surface area (Å²) in [6.45, 7) is 3.61. The molecule has 0 aliphatic heterocycles. The van der Waals surface area contributed by atoms with E-state index in [-0.39, 0.29) is 0 Å². The van der Waals surface area contributed by atoms with Gasteiger partial charge in [-0.1, -0.05) is 13.8 Å². The van der Waals surface area contributed by atoms with Crippen molar-refractivity contribution in [2.75, 3.05) is 14.1 Å². The van der Waals surface area contributed by atoms with Gasteiger partial charge >= 0.3 is 0 Å². The lowest BCUT2D eigenvalue weighted by Gasteiger charge is -2.37. The Labute approximate surface area is 111 Å². The van der Waals surface area contributed by atoms with E-state index in [0.29, 0.717) is 12.8 Å². The lowest BCUT2D eigenvalue weighted by molar-refractivity contribution is 0.0650. The molecule has 2 nitrogen and oxygen atoms in total. The number of carbonyl (C=O) groups excluding carboxylic acids is 1. The summed E-state index contributed by atoms with van der Waals surface area (Å²) >= 11 is 0. The SMILES string of the molecule is CCC(CC)(C(=O)c1ccc(F)c(F)c1F)N(C)C. The van der Waals surface area contributed by atoms with Gasteiger partial charge in [-0.2, -0.15) is 0 Å². The second-order valence-electron chi connectivity index (χ2n) is 4.69. The normalized spacial score (nSPS) is 12.0. The highest BCUT2D eigenvalue weighted by Gasteiger charge is 2.39. The molecule has 19 heavy (non-hydrogen) atoms. The quantitative estimate of drug-likeness (QED) is 0.605. The van der Waals surface area contributed by atoms with Gasteiger partial charge in [0.1, 0.15) is 0 Å². The molecule has 5 heteroatoms. The van der Waals surface area contributed by atoms with Crippen molar-refractivity contribution in [2.24, 2.45) is 0 Å². The molecule has 0 unspecified atom stereocenters. The molecule has 1 rings (SSSR count). The minimum Gasteiger partial charge on any atom is -0.297 e. The molecule has 0 fully saturated rings. The van der Waals surface area contributed by atoms with Crippen LogP contribution in [0.5, 0.6) is 0 Å². The van der Waals surface area contributed by atoms with Gasteiger partial charge in [-0.3, -0.25) is 9.69 Å². The molecule has 0 amide bonds. The first-order chi connectivity index (χ1) is 8.81. The topological polar surface area (TPSA) is 20.3 Å². The van der Waals surface area contributed by atoms with E-state index in [1.807, 2.05) is 0 Å². The molecule has 0 atom stereocenters. The maximum Gasteiger partial charge on any atom is 0.195 e. The van der Waals surface area contributed by atoms with Gasteiger partial charge < -0.3 is 0 Å². The Balaban J connectivity index is 3.37. The van der Waals surface area contributed by atoms with E-state index in [9.17, 15) is 18.0 Å². The fourth-order valence-corrected chi connectivity index (χ4v) is 2.36. The van der Waals surface area contributed by atoms with Crippen molar-refractivity contribution in [1.29, 1.82) is 0 Å². The van der Waals surface area contributed by atoms with Crippen LogP contribution in [-0.2, 0) is 0 Å². The Hall–Kier alpha value is -1.36. The van der Waals surface area contributed by atoms with E-state index in [4.69, 9.17) is 0 Å². The van der Waals surface area contributed by atoms with E-state index in [0.717, 1.165) is 12.1 Å². The van der Waals surface area contributed by atoms with Crippen LogP contribution in [0.2, 0.25) is 0 Å². The van der Waals surface area contributed by atoms with Gasteiger partial charge in [0.15, 0.2) is 23.2 Å². The van der Waals surface area contributed by atoms with E-state index < -0.39 is 34.3 Å². The lowest BCUT2D eigenvalue weighted by Crippen LogP contribution is -2.50. The largest absolute Gasteiger partial charge is 0.297 e. The Kier molecular flexibility index (Phi) is 4.74. The number of halogens is 3. The van der Waals surface area contributed by atoms with Crippen LogP contribution in [0, 0.1) is 17.5 Å². The summed E-state index contributed by atoms with van der Waals surface area (Å²) in [5, 5.41) is 0. The predicted molar refractivity (Wildman–Crippen MR) is 67.6 cm³/mol. The van der Waals surface area contributed by atoms with Gasteiger partial charge in [-0.15, -0.1) is 0 Å². The number of ketones is 1. The van der Waals surface area contributed by atoms with E-state index >= 15 is 0 Å². The Morgan fingerprint density at radius 1 is 1.11 bits per heavy atom. The summed E-state index contributed by atoms with van der Waals surface area (Å²) in [6.07, 6.45) is 0.904. The molecule has 0 aliphatic rings. The van der Waals surface area contributed by atoms with Crippen molar-refractivity contribution in [3.63, 3.8) is 0 Å². The van der Waals surface area contributed by atoms with Crippen LogP contribution in [0.4, 0.5) is 13.2 Å². The first kappa shape index (κ1) is 15.7. The zero-order valence-corrected chi connectivity index (χ0v) is 11.6. The molecule has 0 aromatic heterocycles. The molecule has 0 heterocycles. The number of likely N-dealkylation sites (N-methyl/N-ethyl adjacent to an activating group) is 1. The van der Waals surface area contributed by atoms with E-state index in [2.05, 4.69) is 0 Å². The van der Waals surface area contributed by atoms with Crippen LogP contribution < -0.4 is 0 Å². The minimum atomic E-state index is -1.61. The van der Waals surface area contributed by atoms with Crippen molar-refractivity contribution < 1.29 is 18.0 Å². The molecular weight excluding hydrogens is 255 g/mol. The van der Waals surface area contributed by atoms with E-state index in [1.165, 1.54) is 0 Å². The van der Waals surface area contributed by atoms with Crippen LogP contribution in [0.1, 0.15) is 37.0 Å². The van der Waals surface area contributed by atoms with Crippen LogP contribution in [0.15, 0.2) is 12.1 Å². The zero-order valence-electron chi connectivity index (χ0n) is 11.6. The highest BCUT2D eigenvalue weighted by Crippen LogP contribution is 2.28. The average Bonchev–Trinajstić information content (AvgIpc) is 2.37. The highest BCUT2D eigenvalue weighted by molar-refractivity contribution is 6.03. The van der Waals surface area contributed by atoms with Gasteiger partial charge in [0, 0.05) is 0 Å². The Bertz CT molecular complexity index is 482. The standard InChI is InChI=1S/C14H18F3NO/c1-5-14(6-2,18(3)4)13(19)9-7-8-10(15)12(17)11(9)16/h7-8H,5-6H2,1-4H3. The monoisotopic (exact) mass is 273 g/mol. The van der Waals surface area contributed by atoms with Crippen LogP contribution in [0.3, 0.4) is 0 Å². The second kappa shape index (κ2) is 5.74. The predicted octanol–water partition coefficient (Wildman–Crippen LogP) is 3.41. The highest BCUT2D eigenvalue weighted by atomic mass is 19.2. The molecule has 106 valence electrons. The molecule has 0 saturated heterocycles. The van der Waals surface area contributed by atoms with Gasteiger partial charge in [0.2, 0.25) is 0 Å². The van der Waals surface area contributed by atoms with Crippen LogP contribution in [-0.4, -0.2) is 30.3 Å². The zero-order chi connectivity index (χ0) is 14.8. The summed E-state index contributed by atoms with van der Waals surface area (Å²) < 4.78 is 39.9. The smallest absolute Gasteiger partial charge is 0.195 e. The third kappa shape index (κ3) is 2.52. The Morgan fingerprint density at radius 3 is 2.05 bits per heavy atom. The van der Waals surface area contributed by atoms with Crippen molar-refractivity contribution in [2.45, 2.75) is 32.2 Å². The molecule has 0 N–H and O–H groups in total. The van der Waals surface area contributed by atoms with Crippen LogP contribution in [0.25, 0.3) is 0 Å². The first-order valence-corrected chi connectivity index (χ1v) is 6.17. The van der Waals surface area contributed by atoms with Crippen molar-refractivity contribution >= 4 is 5.78 Å². The summed E-state index contributed by atoms with van der Waals surface area (Å²) in [7, 11) is 3.42. The fourth-order valence-electron chi connectivity index (χ4n) is 2.36. The molecule has 0 bridgehead atoms. The third-order valence-corrected chi connectivity index (χ3v) is 3.73. The summed E-state index contributed by atoms with van der Waals surface area (Å²) in [5.41, 5.74) is -1.32. The maximum absolute atomic E-state index is 13.7. The molecule has 0 spiro atoms. The fraction of sp³-hybridized carbons (Fsp3) is 0.500. The van der Waals surface area contributed by atoms with Gasteiger partial charge in [-0.25, -0.2) is 13.2 Å². The maximum atomic E-state index is 13.7. The molecule has 1 aromatic rings. The molecule has 0 radical (unpaired) electrons. The molecule has 1 aromatic carbocycles. The average molecular weight is 273 g/mol. The van der Waals surface area contributed by atoms with Crippen LogP contribution >= 0.6 is 0 Å². The summed E-state index contributed by atoms with van der Waals surface area (Å²) in [4.78, 5) is 14.2. The third-order valence-electron chi connectivity index (χ3n) is 3.73. The number of benzene rings is 1. The van der Waals surface area contributed by atoms with Crippen molar-refractivity contribution in [1.82, 2.24) is 4.90 Å². The van der Waals surface area contributed by atoms with E-state index in [1.54, 1.807) is 32.8 Å². The second-order valence-corrected chi connectivity index (χ2v) is 4.69. The summed E-state index contributed by atoms with van der Waals surface area (Å²) in [5.74, 6) is -4.85. The number of hydrogen-bond acceptors (Lipinski definition) is 2.